The summed E-state index contributed by atoms with van der Waals surface area (Å²) in [5.41, 5.74) is 5.33. The van der Waals surface area contributed by atoms with Crippen molar-refractivity contribution in [1.82, 2.24) is 0 Å². The van der Waals surface area contributed by atoms with Gasteiger partial charge in [-0.25, -0.2) is 4.79 Å². The predicted octanol–water partition coefficient (Wildman–Crippen LogP) is 4.06. The number of ether oxygens (including phenoxy) is 1. The Hall–Kier alpha value is -3.55. The van der Waals surface area contributed by atoms with Crippen molar-refractivity contribution < 1.29 is 19.2 Å². The molecule has 0 aromatic heterocycles. The number of ketones is 1. The molecular weight excluding hydrogens is 374 g/mol. The molecule has 152 valence electrons. The van der Waals surface area contributed by atoms with E-state index < -0.39 is 22.6 Å². The van der Waals surface area contributed by atoms with Gasteiger partial charge in [0.25, 0.3) is 5.69 Å². The second kappa shape index (κ2) is 9.59. The second-order valence-electron chi connectivity index (χ2n) is 6.54. The zero-order valence-electron chi connectivity index (χ0n) is 16.8. The molecule has 0 heterocycles. The Labute approximate surface area is 168 Å². The fourth-order valence-electron chi connectivity index (χ4n) is 2.73. The van der Waals surface area contributed by atoms with Crippen molar-refractivity contribution in [3.8, 4) is 0 Å². The van der Waals surface area contributed by atoms with Crippen molar-refractivity contribution in [2.24, 2.45) is 11.0 Å². The third-order valence-electron chi connectivity index (χ3n) is 4.31. The van der Waals surface area contributed by atoms with Gasteiger partial charge in [0.15, 0.2) is 11.5 Å². The molecule has 0 radical (unpaired) electrons. The van der Waals surface area contributed by atoms with Gasteiger partial charge in [-0.2, -0.15) is 5.10 Å². The number of rotatable bonds is 8. The summed E-state index contributed by atoms with van der Waals surface area (Å²) < 4.78 is 5.04. The molecule has 1 N–H and O–H groups in total. The van der Waals surface area contributed by atoms with E-state index in [-0.39, 0.29) is 23.6 Å². The molecule has 29 heavy (non-hydrogen) atoms. The van der Waals surface area contributed by atoms with Gasteiger partial charge in [-0.1, -0.05) is 29.8 Å². The van der Waals surface area contributed by atoms with Crippen LogP contribution in [0, 0.1) is 29.9 Å². The number of benzene rings is 2. The predicted molar refractivity (Wildman–Crippen MR) is 110 cm³/mol. The highest BCUT2D eigenvalue weighted by atomic mass is 16.6. The molecule has 0 aliphatic carbocycles. The van der Waals surface area contributed by atoms with Crippen LogP contribution in [-0.4, -0.2) is 29.0 Å². The van der Waals surface area contributed by atoms with Crippen LogP contribution in [-0.2, 0) is 9.53 Å². The fraction of sp³-hybridized carbons (Fsp3) is 0.286. The second-order valence-corrected chi connectivity index (χ2v) is 6.54. The van der Waals surface area contributed by atoms with Crippen molar-refractivity contribution in [2.75, 3.05) is 12.0 Å². The molecule has 0 saturated heterocycles. The molecular formula is C21H23N3O5. The number of carbonyl (C=O) groups is 2. The van der Waals surface area contributed by atoms with Crippen LogP contribution in [0.1, 0.15) is 35.3 Å². The van der Waals surface area contributed by atoms with Crippen molar-refractivity contribution in [3.63, 3.8) is 0 Å². The molecule has 0 saturated carbocycles. The standard InChI is InChI=1S/C21H23N3O5/c1-5-29-21(26)19(23-22-18-10-9-13(2)11-14(18)3)15(4)20(25)16-7-6-8-17(12-16)24(27)28/h6-12,15,22H,5H2,1-4H3/b23-19-. The van der Waals surface area contributed by atoms with Crippen molar-refractivity contribution in [1.29, 1.82) is 0 Å². The highest BCUT2D eigenvalue weighted by Crippen LogP contribution is 2.19. The number of anilines is 1. The summed E-state index contributed by atoms with van der Waals surface area (Å²) in [7, 11) is 0. The van der Waals surface area contributed by atoms with Crippen molar-refractivity contribution in [3.05, 3.63) is 69.3 Å². The van der Waals surface area contributed by atoms with Crippen LogP contribution in [0.5, 0.6) is 0 Å². The summed E-state index contributed by atoms with van der Waals surface area (Å²) >= 11 is 0. The van der Waals surface area contributed by atoms with Gasteiger partial charge in [0.05, 0.1) is 23.1 Å². The summed E-state index contributed by atoms with van der Waals surface area (Å²) in [5.74, 6) is -2.16. The largest absolute Gasteiger partial charge is 0.461 e. The van der Waals surface area contributed by atoms with Gasteiger partial charge < -0.3 is 4.74 Å². The lowest BCUT2D eigenvalue weighted by atomic mass is 9.94. The molecule has 0 aliphatic heterocycles. The van der Waals surface area contributed by atoms with Crippen LogP contribution in [0.25, 0.3) is 0 Å². The number of nitrogens with one attached hydrogen (secondary N) is 1. The monoisotopic (exact) mass is 397 g/mol. The molecule has 1 unspecified atom stereocenters. The van der Waals surface area contributed by atoms with E-state index in [4.69, 9.17) is 4.74 Å². The highest BCUT2D eigenvalue weighted by molar-refractivity contribution is 6.42. The Bertz CT molecular complexity index is 969. The Balaban J connectivity index is 2.35. The van der Waals surface area contributed by atoms with E-state index in [0.29, 0.717) is 5.69 Å². The average Bonchev–Trinajstić information content (AvgIpc) is 2.69. The summed E-state index contributed by atoms with van der Waals surface area (Å²) in [4.78, 5) is 35.7. The fourth-order valence-corrected chi connectivity index (χ4v) is 2.73. The number of carbonyl (C=O) groups excluding carboxylic acids is 2. The van der Waals surface area contributed by atoms with E-state index in [1.165, 1.54) is 31.2 Å². The summed E-state index contributed by atoms with van der Waals surface area (Å²) in [6.45, 7) is 7.15. The first kappa shape index (κ1) is 21.7. The molecule has 0 aliphatic rings. The molecule has 2 aromatic rings. The number of hydrazone groups is 1. The van der Waals surface area contributed by atoms with Gasteiger partial charge in [0, 0.05) is 17.7 Å². The third kappa shape index (κ3) is 5.47. The number of esters is 1. The Morgan fingerprint density at radius 3 is 2.55 bits per heavy atom. The molecule has 1 atom stereocenters. The number of nitro groups is 1. The van der Waals surface area contributed by atoms with E-state index in [1.807, 2.05) is 32.0 Å². The first-order valence-electron chi connectivity index (χ1n) is 9.11. The third-order valence-corrected chi connectivity index (χ3v) is 4.31. The van der Waals surface area contributed by atoms with Crippen LogP contribution in [0.15, 0.2) is 47.6 Å². The Morgan fingerprint density at radius 2 is 1.93 bits per heavy atom. The van der Waals surface area contributed by atoms with Gasteiger partial charge in [-0.15, -0.1) is 0 Å². The van der Waals surface area contributed by atoms with Crippen LogP contribution in [0.4, 0.5) is 11.4 Å². The first-order valence-corrected chi connectivity index (χ1v) is 9.11. The number of nitro benzene ring substituents is 1. The molecule has 0 amide bonds. The summed E-state index contributed by atoms with van der Waals surface area (Å²) in [6.07, 6.45) is 0. The van der Waals surface area contributed by atoms with Crippen LogP contribution in [0.2, 0.25) is 0 Å². The van der Waals surface area contributed by atoms with E-state index in [9.17, 15) is 19.7 Å². The Kier molecular flexibility index (Phi) is 7.19. The maximum atomic E-state index is 12.9. The summed E-state index contributed by atoms with van der Waals surface area (Å²) in [5, 5.41) is 15.1. The average molecular weight is 397 g/mol. The molecule has 8 nitrogen and oxygen atoms in total. The number of aryl methyl sites for hydroxylation is 2. The highest BCUT2D eigenvalue weighted by Gasteiger charge is 2.28. The smallest absolute Gasteiger partial charge is 0.355 e. The van der Waals surface area contributed by atoms with Gasteiger partial charge in [-0.3, -0.25) is 20.3 Å². The molecule has 0 spiro atoms. The Morgan fingerprint density at radius 1 is 1.21 bits per heavy atom. The molecule has 2 aromatic carbocycles. The zero-order valence-corrected chi connectivity index (χ0v) is 16.8. The van der Waals surface area contributed by atoms with Gasteiger partial charge in [0.1, 0.15) is 0 Å². The molecule has 0 bridgehead atoms. The zero-order chi connectivity index (χ0) is 21.6. The van der Waals surface area contributed by atoms with Crippen LogP contribution in [0.3, 0.4) is 0 Å². The lowest BCUT2D eigenvalue weighted by Crippen LogP contribution is -2.31. The van der Waals surface area contributed by atoms with Gasteiger partial charge in [-0.05, 0) is 39.3 Å². The molecule has 8 heteroatoms. The van der Waals surface area contributed by atoms with E-state index >= 15 is 0 Å². The van der Waals surface area contributed by atoms with Crippen LogP contribution < -0.4 is 5.43 Å². The molecule has 2 rings (SSSR count). The summed E-state index contributed by atoms with van der Waals surface area (Å²) in [6, 6.07) is 11.0. The minimum atomic E-state index is -0.964. The SMILES string of the molecule is CCOC(=O)/C(=N\Nc1ccc(C)cc1C)C(C)C(=O)c1cccc([N+](=O)[O-])c1. The maximum Gasteiger partial charge on any atom is 0.355 e. The van der Waals surface area contributed by atoms with E-state index in [2.05, 4.69) is 10.5 Å². The maximum absolute atomic E-state index is 12.9. The van der Waals surface area contributed by atoms with Crippen molar-refractivity contribution >= 4 is 28.8 Å². The number of Topliss-reactive ketones (excluding diaryl/α,β-unsaturated/α-hetero) is 1. The lowest BCUT2D eigenvalue weighted by Gasteiger charge is -2.14. The quantitative estimate of drug-likeness (QED) is 0.236. The normalized spacial score (nSPS) is 12.2. The van der Waals surface area contributed by atoms with E-state index in [1.54, 1.807) is 6.92 Å². The minimum absolute atomic E-state index is 0.108. The number of non-ortho nitro benzene ring substituents is 1. The lowest BCUT2D eigenvalue weighted by molar-refractivity contribution is -0.384. The van der Waals surface area contributed by atoms with Gasteiger partial charge >= 0.3 is 5.97 Å². The number of hydrogen-bond acceptors (Lipinski definition) is 7. The van der Waals surface area contributed by atoms with Crippen molar-refractivity contribution in [2.45, 2.75) is 27.7 Å². The number of hydrogen-bond donors (Lipinski definition) is 1. The topological polar surface area (TPSA) is 111 Å². The number of nitrogens with zero attached hydrogens (tertiary/aromatic N) is 2. The van der Waals surface area contributed by atoms with E-state index in [0.717, 1.165) is 11.1 Å². The minimum Gasteiger partial charge on any atom is -0.461 e. The van der Waals surface area contributed by atoms with Crippen LogP contribution >= 0.6 is 0 Å². The van der Waals surface area contributed by atoms with Gasteiger partial charge in [0.2, 0.25) is 0 Å². The first-order chi connectivity index (χ1) is 13.7. The molecule has 0 fully saturated rings.